The molecule has 0 atom stereocenters. The smallest absolute Gasteiger partial charge is 0.163 e. The lowest BCUT2D eigenvalue weighted by Crippen LogP contribution is -2.03. The van der Waals surface area contributed by atoms with Gasteiger partial charge in [0.05, 0.1) is 11.6 Å². The normalized spacial score (nSPS) is 10.8. The molecule has 6 heteroatoms. The molecule has 0 saturated carbocycles. The van der Waals surface area contributed by atoms with Crippen molar-refractivity contribution in [2.75, 3.05) is 17.2 Å². The largest absolute Gasteiger partial charge is 0.385 e. The summed E-state index contributed by atoms with van der Waals surface area (Å²) in [6.45, 7) is 3.87. The SMILES string of the molecule is CCCNc1ccc(CNc2ncnc3c2cnn3C)cc1. The summed E-state index contributed by atoms with van der Waals surface area (Å²) in [5, 5.41) is 11.9. The molecule has 0 amide bonds. The van der Waals surface area contributed by atoms with Crippen LogP contribution in [0.25, 0.3) is 11.0 Å². The Morgan fingerprint density at radius 2 is 1.91 bits per heavy atom. The van der Waals surface area contributed by atoms with Crippen LogP contribution in [0.15, 0.2) is 36.8 Å². The molecule has 6 nitrogen and oxygen atoms in total. The van der Waals surface area contributed by atoms with Crippen LogP contribution >= 0.6 is 0 Å². The van der Waals surface area contributed by atoms with E-state index in [4.69, 9.17) is 0 Å². The van der Waals surface area contributed by atoms with Crippen LogP contribution in [0.5, 0.6) is 0 Å². The van der Waals surface area contributed by atoms with Crippen LogP contribution < -0.4 is 10.6 Å². The second-order valence-corrected chi connectivity index (χ2v) is 5.20. The predicted molar refractivity (Wildman–Crippen MR) is 88.9 cm³/mol. The van der Waals surface area contributed by atoms with E-state index in [1.54, 1.807) is 17.2 Å². The van der Waals surface area contributed by atoms with Crippen LogP contribution in [0.3, 0.4) is 0 Å². The molecule has 22 heavy (non-hydrogen) atoms. The summed E-state index contributed by atoms with van der Waals surface area (Å²) in [5.41, 5.74) is 3.19. The summed E-state index contributed by atoms with van der Waals surface area (Å²) in [5.74, 6) is 0.811. The molecule has 0 fully saturated rings. The number of aryl methyl sites for hydroxylation is 1. The summed E-state index contributed by atoms with van der Waals surface area (Å²) in [4.78, 5) is 8.54. The van der Waals surface area contributed by atoms with Gasteiger partial charge in [0.25, 0.3) is 0 Å². The Labute approximate surface area is 129 Å². The minimum absolute atomic E-state index is 0.717. The predicted octanol–water partition coefficient (Wildman–Crippen LogP) is 2.80. The number of aromatic nitrogens is 4. The van der Waals surface area contributed by atoms with E-state index >= 15 is 0 Å². The van der Waals surface area contributed by atoms with Crippen molar-refractivity contribution >= 4 is 22.5 Å². The average Bonchev–Trinajstić information content (AvgIpc) is 2.94. The maximum absolute atomic E-state index is 4.31. The first-order valence-corrected chi connectivity index (χ1v) is 7.47. The molecular weight excluding hydrogens is 276 g/mol. The van der Waals surface area contributed by atoms with E-state index in [1.165, 1.54) is 5.56 Å². The monoisotopic (exact) mass is 296 g/mol. The van der Waals surface area contributed by atoms with E-state index in [0.717, 1.165) is 42.0 Å². The molecule has 0 radical (unpaired) electrons. The Kier molecular flexibility index (Phi) is 4.18. The molecule has 3 aromatic rings. The highest BCUT2D eigenvalue weighted by Crippen LogP contribution is 2.19. The second kappa shape index (κ2) is 6.43. The maximum Gasteiger partial charge on any atom is 0.163 e. The van der Waals surface area contributed by atoms with Gasteiger partial charge in [-0.15, -0.1) is 0 Å². The van der Waals surface area contributed by atoms with Crippen molar-refractivity contribution in [1.82, 2.24) is 19.7 Å². The lowest BCUT2D eigenvalue weighted by atomic mass is 10.2. The van der Waals surface area contributed by atoms with Crippen molar-refractivity contribution in [2.24, 2.45) is 7.05 Å². The van der Waals surface area contributed by atoms with Crippen molar-refractivity contribution < 1.29 is 0 Å². The Hall–Kier alpha value is -2.63. The molecule has 3 rings (SSSR count). The fourth-order valence-corrected chi connectivity index (χ4v) is 2.30. The summed E-state index contributed by atoms with van der Waals surface area (Å²) in [7, 11) is 1.88. The van der Waals surface area contributed by atoms with Crippen LogP contribution in [-0.4, -0.2) is 26.3 Å². The van der Waals surface area contributed by atoms with Gasteiger partial charge in [0.1, 0.15) is 12.1 Å². The summed E-state index contributed by atoms with van der Waals surface area (Å²) in [6, 6.07) is 8.44. The van der Waals surface area contributed by atoms with Gasteiger partial charge in [-0.2, -0.15) is 5.10 Å². The third-order valence-corrected chi connectivity index (χ3v) is 3.52. The molecule has 0 unspecified atom stereocenters. The minimum Gasteiger partial charge on any atom is -0.385 e. The van der Waals surface area contributed by atoms with E-state index in [0.29, 0.717) is 0 Å². The van der Waals surface area contributed by atoms with Gasteiger partial charge in [0, 0.05) is 25.8 Å². The molecule has 114 valence electrons. The van der Waals surface area contributed by atoms with Crippen molar-refractivity contribution in [2.45, 2.75) is 19.9 Å². The van der Waals surface area contributed by atoms with Gasteiger partial charge < -0.3 is 10.6 Å². The third kappa shape index (κ3) is 3.00. The summed E-state index contributed by atoms with van der Waals surface area (Å²) >= 11 is 0. The minimum atomic E-state index is 0.717. The van der Waals surface area contributed by atoms with Crippen LogP contribution in [0, 0.1) is 0 Å². The molecule has 0 spiro atoms. The number of anilines is 2. The van der Waals surface area contributed by atoms with Crippen molar-refractivity contribution in [1.29, 1.82) is 0 Å². The highest BCUT2D eigenvalue weighted by molar-refractivity contribution is 5.85. The van der Waals surface area contributed by atoms with Gasteiger partial charge in [-0.25, -0.2) is 9.97 Å². The molecule has 2 aromatic heterocycles. The van der Waals surface area contributed by atoms with Crippen molar-refractivity contribution in [3.05, 3.63) is 42.4 Å². The first-order chi connectivity index (χ1) is 10.8. The zero-order valence-electron chi connectivity index (χ0n) is 12.9. The molecule has 0 aliphatic carbocycles. The third-order valence-electron chi connectivity index (χ3n) is 3.52. The van der Waals surface area contributed by atoms with E-state index in [2.05, 4.69) is 56.9 Å². The number of nitrogens with zero attached hydrogens (tertiary/aromatic N) is 4. The molecule has 0 saturated heterocycles. The number of hydrogen-bond donors (Lipinski definition) is 2. The Morgan fingerprint density at radius 1 is 1.09 bits per heavy atom. The number of fused-ring (bicyclic) bond motifs is 1. The van der Waals surface area contributed by atoms with E-state index in [1.807, 2.05) is 7.05 Å². The molecule has 2 heterocycles. The van der Waals surface area contributed by atoms with E-state index in [9.17, 15) is 0 Å². The van der Waals surface area contributed by atoms with Gasteiger partial charge in [0.15, 0.2) is 5.65 Å². The highest BCUT2D eigenvalue weighted by Gasteiger charge is 2.07. The topological polar surface area (TPSA) is 67.7 Å². The average molecular weight is 296 g/mol. The number of nitrogens with one attached hydrogen (secondary N) is 2. The lowest BCUT2D eigenvalue weighted by Gasteiger charge is -2.08. The van der Waals surface area contributed by atoms with Crippen LogP contribution in [0.2, 0.25) is 0 Å². The van der Waals surface area contributed by atoms with Gasteiger partial charge in [-0.05, 0) is 24.1 Å². The number of benzene rings is 1. The highest BCUT2D eigenvalue weighted by atomic mass is 15.3. The van der Waals surface area contributed by atoms with Crippen molar-refractivity contribution in [3.63, 3.8) is 0 Å². The number of hydrogen-bond acceptors (Lipinski definition) is 5. The molecule has 0 bridgehead atoms. The van der Waals surface area contributed by atoms with Crippen LogP contribution in [0.4, 0.5) is 11.5 Å². The van der Waals surface area contributed by atoms with Crippen LogP contribution in [-0.2, 0) is 13.6 Å². The van der Waals surface area contributed by atoms with Gasteiger partial charge >= 0.3 is 0 Å². The van der Waals surface area contributed by atoms with E-state index in [-0.39, 0.29) is 0 Å². The van der Waals surface area contributed by atoms with E-state index < -0.39 is 0 Å². The standard InChI is InChI=1S/C16H20N6/c1-3-8-17-13-6-4-12(5-7-13)9-18-15-14-10-21-22(2)16(14)20-11-19-15/h4-7,10-11,17H,3,8-9H2,1-2H3,(H,18,19,20). The Balaban J connectivity index is 1.68. The molecular formula is C16H20N6. The fourth-order valence-electron chi connectivity index (χ4n) is 2.30. The number of rotatable bonds is 6. The lowest BCUT2D eigenvalue weighted by molar-refractivity contribution is 0.785. The molecule has 0 aliphatic heterocycles. The zero-order valence-corrected chi connectivity index (χ0v) is 12.9. The van der Waals surface area contributed by atoms with Gasteiger partial charge in [-0.1, -0.05) is 19.1 Å². The molecule has 2 N–H and O–H groups in total. The molecule has 1 aromatic carbocycles. The zero-order chi connectivity index (χ0) is 15.4. The van der Waals surface area contributed by atoms with Crippen LogP contribution in [0.1, 0.15) is 18.9 Å². The summed E-state index contributed by atoms with van der Waals surface area (Å²) < 4.78 is 1.75. The second-order valence-electron chi connectivity index (χ2n) is 5.20. The Morgan fingerprint density at radius 3 is 2.68 bits per heavy atom. The van der Waals surface area contributed by atoms with Crippen molar-refractivity contribution in [3.8, 4) is 0 Å². The molecule has 0 aliphatic rings. The fraction of sp³-hybridized carbons (Fsp3) is 0.312. The summed E-state index contributed by atoms with van der Waals surface area (Å²) in [6.07, 6.45) is 4.47. The maximum atomic E-state index is 4.31. The van der Waals surface area contributed by atoms with Gasteiger partial charge in [-0.3, -0.25) is 4.68 Å². The first-order valence-electron chi connectivity index (χ1n) is 7.47. The first kappa shape index (κ1) is 14.3. The quantitative estimate of drug-likeness (QED) is 0.732. The van der Waals surface area contributed by atoms with Gasteiger partial charge in [0.2, 0.25) is 0 Å². The Bertz CT molecular complexity index is 747.